The van der Waals surface area contributed by atoms with Gasteiger partial charge < -0.3 is 5.32 Å². The van der Waals surface area contributed by atoms with Crippen molar-refractivity contribution in [1.29, 1.82) is 0 Å². The molecule has 0 aliphatic rings. The van der Waals surface area contributed by atoms with Crippen LogP contribution in [0.25, 0.3) is 10.6 Å². The second-order valence-electron chi connectivity index (χ2n) is 3.70. The monoisotopic (exact) mass is 312 g/mol. The summed E-state index contributed by atoms with van der Waals surface area (Å²) in [6, 6.07) is 5.96. The normalized spacial score (nSPS) is 10.2. The van der Waals surface area contributed by atoms with E-state index in [0.717, 1.165) is 0 Å². The van der Waals surface area contributed by atoms with Gasteiger partial charge in [0.1, 0.15) is 5.01 Å². The number of hydrogen-bond donors (Lipinski definition) is 1. The summed E-state index contributed by atoms with van der Waals surface area (Å²) in [5.74, 6) is 0.00577. The van der Waals surface area contributed by atoms with Crippen LogP contribution in [0.3, 0.4) is 0 Å². The highest BCUT2D eigenvalue weighted by molar-refractivity contribution is 7.18. The maximum atomic E-state index is 11.3. The smallest absolute Gasteiger partial charge is 0.269 e. The van der Waals surface area contributed by atoms with Crippen LogP contribution in [0, 0.1) is 10.1 Å². The van der Waals surface area contributed by atoms with Gasteiger partial charge in [-0.25, -0.2) is 0 Å². The van der Waals surface area contributed by atoms with Gasteiger partial charge in [0.15, 0.2) is 0 Å². The second kappa shape index (κ2) is 6.40. The standard InChI is InChI=1S/C11H9ClN4O3S/c12-6-5-9(17)13-11-15-14-10(20-11)7-1-3-8(4-2-7)16(18)19/h1-4H,5-6H2,(H,13,15,17). The first-order valence-electron chi connectivity index (χ1n) is 5.54. The molecule has 1 aromatic heterocycles. The number of anilines is 1. The van der Waals surface area contributed by atoms with Crippen molar-refractivity contribution in [3.8, 4) is 10.6 Å². The quantitative estimate of drug-likeness (QED) is 0.520. The molecule has 1 amide bonds. The Kier molecular flexibility index (Phi) is 4.59. The van der Waals surface area contributed by atoms with Gasteiger partial charge in [0, 0.05) is 30.0 Å². The van der Waals surface area contributed by atoms with Crippen molar-refractivity contribution >= 4 is 39.7 Å². The topological polar surface area (TPSA) is 98.0 Å². The van der Waals surface area contributed by atoms with Gasteiger partial charge in [0.2, 0.25) is 11.0 Å². The number of hydrogen-bond acceptors (Lipinski definition) is 6. The Morgan fingerprint density at radius 2 is 2.05 bits per heavy atom. The number of benzene rings is 1. The highest BCUT2D eigenvalue weighted by atomic mass is 35.5. The first kappa shape index (κ1) is 14.4. The zero-order valence-corrected chi connectivity index (χ0v) is 11.6. The third-order valence-corrected chi connectivity index (χ3v) is 3.39. The average molecular weight is 313 g/mol. The fourth-order valence-electron chi connectivity index (χ4n) is 1.38. The minimum atomic E-state index is -0.471. The van der Waals surface area contributed by atoms with Crippen molar-refractivity contribution < 1.29 is 9.72 Å². The fourth-order valence-corrected chi connectivity index (χ4v) is 2.32. The van der Waals surface area contributed by atoms with Crippen LogP contribution < -0.4 is 5.32 Å². The highest BCUT2D eigenvalue weighted by Crippen LogP contribution is 2.27. The number of nitrogens with one attached hydrogen (secondary N) is 1. The minimum Gasteiger partial charge on any atom is -0.300 e. The highest BCUT2D eigenvalue weighted by Gasteiger charge is 2.11. The summed E-state index contributed by atoms with van der Waals surface area (Å²) in [5, 5.41) is 21.8. The average Bonchev–Trinajstić information content (AvgIpc) is 2.87. The van der Waals surface area contributed by atoms with Gasteiger partial charge in [0.05, 0.1) is 4.92 Å². The van der Waals surface area contributed by atoms with Crippen LogP contribution in [0.4, 0.5) is 10.8 Å². The van der Waals surface area contributed by atoms with E-state index in [4.69, 9.17) is 11.6 Å². The van der Waals surface area contributed by atoms with Crippen molar-refractivity contribution in [2.45, 2.75) is 6.42 Å². The van der Waals surface area contributed by atoms with Gasteiger partial charge in [-0.3, -0.25) is 14.9 Å². The van der Waals surface area contributed by atoms with Crippen molar-refractivity contribution in [2.24, 2.45) is 0 Å². The van der Waals surface area contributed by atoms with Crippen LogP contribution in [0.15, 0.2) is 24.3 Å². The number of alkyl halides is 1. The third kappa shape index (κ3) is 3.49. The molecule has 0 aliphatic heterocycles. The van der Waals surface area contributed by atoms with E-state index >= 15 is 0 Å². The molecule has 0 spiro atoms. The lowest BCUT2D eigenvalue weighted by molar-refractivity contribution is -0.384. The van der Waals surface area contributed by atoms with Gasteiger partial charge >= 0.3 is 0 Å². The second-order valence-corrected chi connectivity index (χ2v) is 5.06. The van der Waals surface area contributed by atoms with Crippen LogP contribution in [-0.4, -0.2) is 26.9 Å². The molecule has 0 unspecified atom stereocenters. The third-order valence-electron chi connectivity index (χ3n) is 2.32. The number of amides is 1. The van der Waals surface area contributed by atoms with E-state index < -0.39 is 4.92 Å². The molecule has 1 aromatic carbocycles. The molecular weight excluding hydrogens is 304 g/mol. The number of nitro benzene ring substituents is 1. The molecular formula is C11H9ClN4O3S. The summed E-state index contributed by atoms with van der Waals surface area (Å²) in [4.78, 5) is 21.4. The number of non-ortho nitro benzene ring substituents is 1. The van der Waals surface area contributed by atoms with E-state index in [0.29, 0.717) is 15.7 Å². The molecule has 7 nitrogen and oxygen atoms in total. The lowest BCUT2D eigenvalue weighted by Gasteiger charge is -1.96. The molecule has 1 N–H and O–H groups in total. The van der Waals surface area contributed by atoms with Crippen molar-refractivity contribution in [3.63, 3.8) is 0 Å². The summed E-state index contributed by atoms with van der Waals surface area (Å²) >= 11 is 6.64. The Hall–Kier alpha value is -2.06. The predicted molar refractivity (Wildman–Crippen MR) is 76.0 cm³/mol. The van der Waals surface area contributed by atoms with Gasteiger partial charge in [-0.05, 0) is 12.1 Å². The molecule has 9 heteroatoms. The Balaban J connectivity index is 2.12. The molecule has 1 heterocycles. The number of halogens is 1. The van der Waals surface area contributed by atoms with E-state index in [1.165, 1.54) is 23.5 Å². The van der Waals surface area contributed by atoms with Crippen molar-refractivity contribution in [1.82, 2.24) is 10.2 Å². The molecule has 2 rings (SSSR count). The largest absolute Gasteiger partial charge is 0.300 e. The van der Waals surface area contributed by atoms with Crippen molar-refractivity contribution in [2.75, 3.05) is 11.2 Å². The van der Waals surface area contributed by atoms with Crippen LogP contribution >= 0.6 is 22.9 Å². The van der Waals surface area contributed by atoms with E-state index in [-0.39, 0.29) is 23.9 Å². The Labute approximate surface area is 122 Å². The number of aromatic nitrogens is 2. The van der Waals surface area contributed by atoms with Gasteiger partial charge in [-0.2, -0.15) is 0 Å². The molecule has 2 aromatic rings. The SMILES string of the molecule is O=C(CCCl)Nc1nnc(-c2ccc([N+](=O)[O-])cc2)s1. The molecule has 0 saturated carbocycles. The lowest BCUT2D eigenvalue weighted by atomic mass is 10.2. The van der Waals surface area contributed by atoms with E-state index in [1.807, 2.05) is 0 Å². The van der Waals surface area contributed by atoms with Gasteiger partial charge in [-0.15, -0.1) is 21.8 Å². The lowest BCUT2D eigenvalue weighted by Crippen LogP contribution is -2.11. The predicted octanol–water partition coefficient (Wildman–Crippen LogP) is 2.68. The maximum absolute atomic E-state index is 11.3. The molecule has 20 heavy (non-hydrogen) atoms. The summed E-state index contributed by atoms with van der Waals surface area (Å²) in [7, 11) is 0. The summed E-state index contributed by atoms with van der Waals surface area (Å²) in [6.45, 7) is 0. The zero-order chi connectivity index (χ0) is 14.5. The number of rotatable bonds is 5. The number of nitrogens with zero attached hydrogens (tertiary/aromatic N) is 3. The molecule has 0 bridgehead atoms. The molecule has 0 radical (unpaired) electrons. The maximum Gasteiger partial charge on any atom is 0.269 e. The summed E-state index contributed by atoms with van der Waals surface area (Å²) in [6.07, 6.45) is 0.202. The van der Waals surface area contributed by atoms with Crippen LogP contribution in [0.1, 0.15) is 6.42 Å². The number of carbonyl (C=O) groups is 1. The first-order valence-corrected chi connectivity index (χ1v) is 6.89. The van der Waals surface area contributed by atoms with E-state index in [2.05, 4.69) is 15.5 Å². The van der Waals surface area contributed by atoms with Crippen LogP contribution in [0.5, 0.6) is 0 Å². The molecule has 0 saturated heterocycles. The molecule has 0 fully saturated rings. The van der Waals surface area contributed by atoms with Crippen LogP contribution in [-0.2, 0) is 4.79 Å². The van der Waals surface area contributed by atoms with Gasteiger partial charge in [-0.1, -0.05) is 11.3 Å². The van der Waals surface area contributed by atoms with Gasteiger partial charge in [0.25, 0.3) is 5.69 Å². The minimum absolute atomic E-state index is 0.00824. The molecule has 0 atom stereocenters. The van der Waals surface area contributed by atoms with Crippen LogP contribution in [0.2, 0.25) is 0 Å². The molecule has 104 valence electrons. The summed E-state index contributed by atoms with van der Waals surface area (Å²) in [5.41, 5.74) is 0.708. The number of nitro groups is 1. The Morgan fingerprint density at radius 3 is 2.65 bits per heavy atom. The van der Waals surface area contributed by atoms with E-state index in [9.17, 15) is 14.9 Å². The Bertz CT molecular complexity index is 629. The summed E-state index contributed by atoms with van der Waals surface area (Å²) < 4.78 is 0. The zero-order valence-electron chi connectivity index (χ0n) is 10.1. The Morgan fingerprint density at radius 1 is 1.35 bits per heavy atom. The fraction of sp³-hybridized carbons (Fsp3) is 0.182. The molecule has 0 aliphatic carbocycles. The van der Waals surface area contributed by atoms with E-state index in [1.54, 1.807) is 12.1 Å². The first-order chi connectivity index (χ1) is 9.60. The number of carbonyl (C=O) groups excluding carboxylic acids is 1. The van der Waals surface area contributed by atoms with Crippen molar-refractivity contribution in [3.05, 3.63) is 34.4 Å².